The first-order valence-corrected chi connectivity index (χ1v) is 13.4. The van der Waals surface area contributed by atoms with Gasteiger partial charge in [0.25, 0.3) is 0 Å². The first-order chi connectivity index (χ1) is 19.0. The highest BCUT2D eigenvalue weighted by atomic mass is 16.6. The van der Waals surface area contributed by atoms with Crippen LogP contribution in [-0.2, 0) is 30.4 Å². The SMILES string of the molecule is CC[C@H](C)[C@H](NC(=O)OCC1c2ccccc2-c2ccccc21)C(=O)CCOCC(=O)OCc1ccccc1. The molecule has 0 unspecified atom stereocenters. The number of benzene rings is 3. The van der Waals surface area contributed by atoms with Crippen molar-refractivity contribution in [3.05, 3.63) is 95.6 Å². The summed E-state index contributed by atoms with van der Waals surface area (Å²) in [5, 5.41) is 2.77. The summed E-state index contributed by atoms with van der Waals surface area (Å²) < 4.78 is 16.2. The van der Waals surface area contributed by atoms with Gasteiger partial charge in [-0.15, -0.1) is 0 Å². The molecule has 39 heavy (non-hydrogen) atoms. The summed E-state index contributed by atoms with van der Waals surface area (Å²) in [6, 6.07) is 24.9. The maximum atomic E-state index is 13.0. The molecule has 7 nitrogen and oxygen atoms in total. The summed E-state index contributed by atoms with van der Waals surface area (Å²) in [4.78, 5) is 37.7. The Bertz CT molecular complexity index is 1230. The molecule has 3 aromatic rings. The van der Waals surface area contributed by atoms with Crippen LogP contribution in [0.2, 0.25) is 0 Å². The van der Waals surface area contributed by atoms with Gasteiger partial charge in [0.15, 0.2) is 5.78 Å². The van der Waals surface area contributed by atoms with Crippen LogP contribution < -0.4 is 5.32 Å². The summed E-state index contributed by atoms with van der Waals surface area (Å²) >= 11 is 0. The molecule has 0 saturated heterocycles. The van der Waals surface area contributed by atoms with Crippen molar-refractivity contribution >= 4 is 17.8 Å². The van der Waals surface area contributed by atoms with Crippen molar-refractivity contribution in [3.8, 4) is 11.1 Å². The fourth-order valence-electron chi connectivity index (χ4n) is 4.81. The molecule has 204 valence electrons. The maximum absolute atomic E-state index is 13.0. The number of nitrogens with one attached hydrogen (secondary N) is 1. The summed E-state index contributed by atoms with van der Waals surface area (Å²) in [7, 11) is 0. The lowest BCUT2D eigenvalue weighted by Crippen LogP contribution is -2.45. The third kappa shape index (κ3) is 7.33. The van der Waals surface area contributed by atoms with E-state index in [0.29, 0.717) is 6.42 Å². The van der Waals surface area contributed by atoms with Gasteiger partial charge in [-0.1, -0.05) is 99.1 Å². The molecule has 1 amide bonds. The molecule has 1 aliphatic carbocycles. The Hall–Kier alpha value is -3.97. The van der Waals surface area contributed by atoms with Crippen molar-refractivity contribution < 1.29 is 28.6 Å². The molecule has 0 spiro atoms. The van der Waals surface area contributed by atoms with Gasteiger partial charge in [0.05, 0.1) is 12.6 Å². The van der Waals surface area contributed by atoms with Crippen LogP contribution in [-0.4, -0.2) is 43.7 Å². The fourth-order valence-corrected chi connectivity index (χ4v) is 4.81. The van der Waals surface area contributed by atoms with Gasteiger partial charge in [0.1, 0.15) is 19.8 Å². The smallest absolute Gasteiger partial charge is 0.407 e. The lowest BCUT2D eigenvalue weighted by atomic mass is 9.94. The van der Waals surface area contributed by atoms with Crippen LogP contribution in [0, 0.1) is 5.92 Å². The molecule has 4 rings (SSSR count). The first-order valence-electron chi connectivity index (χ1n) is 13.4. The molecule has 0 heterocycles. The van der Waals surface area contributed by atoms with Crippen molar-refractivity contribution in [2.24, 2.45) is 5.92 Å². The van der Waals surface area contributed by atoms with Crippen LogP contribution in [0.25, 0.3) is 11.1 Å². The predicted molar refractivity (Wildman–Crippen MR) is 148 cm³/mol. The molecule has 0 aromatic heterocycles. The Morgan fingerprint density at radius 1 is 0.846 bits per heavy atom. The minimum Gasteiger partial charge on any atom is -0.459 e. The highest BCUT2D eigenvalue weighted by Crippen LogP contribution is 2.44. The highest BCUT2D eigenvalue weighted by molar-refractivity contribution is 5.88. The zero-order chi connectivity index (χ0) is 27.6. The van der Waals surface area contributed by atoms with E-state index >= 15 is 0 Å². The van der Waals surface area contributed by atoms with E-state index in [-0.39, 0.29) is 50.5 Å². The summed E-state index contributed by atoms with van der Waals surface area (Å²) in [6.45, 7) is 4.03. The standard InChI is InChI=1S/C32H35NO6/c1-3-22(2)31(29(34)17-18-37-21-30(35)38-19-23-11-5-4-6-12-23)33-32(36)39-20-28-26-15-9-7-13-24(26)25-14-8-10-16-27(25)28/h4-16,22,28,31H,3,17-21H2,1-2H3,(H,33,36)/t22-,31-/m0/s1. The molecule has 7 heteroatoms. The highest BCUT2D eigenvalue weighted by Gasteiger charge is 2.30. The van der Waals surface area contributed by atoms with Crippen LogP contribution in [0.5, 0.6) is 0 Å². The van der Waals surface area contributed by atoms with Gasteiger partial charge in [-0.25, -0.2) is 9.59 Å². The Labute approximate surface area is 229 Å². The molecular weight excluding hydrogens is 494 g/mol. The van der Waals surface area contributed by atoms with E-state index in [9.17, 15) is 14.4 Å². The number of ether oxygens (including phenoxy) is 3. The topological polar surface area (TPSA) is 90.9 Å². The van der Waals surface area contributed by atoms with E-state index in [2.05, 4.69) is 29.6 Å². The van der Waals surface area contributed by atoms with Crippen LogP contribution in [0.4, 0.5) is 4.79 Å². The molecule has 0 saturated carbocycles. The van der Waals surface area contributed by atoms with Gasteiger partial charge in [0, 0.05) is 12.3 Å². The van der Waals surface area contributed by atoms with Crippen LogP contribution in [0.3, 0.4) is 0 Å². The second-order valence-corrected chi connectivity index (χ2v) is 9.75. The van der Waals surface area contributed by atoms with Crippen LogP contribution in [0.15, 0.2) is 78.9 Å². The minimum absolute atomic E-state index is 0.0541. The number of hydrogen-bond acceptors (Lipinski definition) is 6. The number of alkyl carbamates (subject to hydrolysis) is 1. The molecule has 0 bridgehead atoms. The van der Waals surface area contributed by atoms with E-state index in [0.717, 1.165) is 27.8 Å². The molecule has 3 aromatic carbocycles. The van der Waals surface area contributed by atoms with E-state index in [1.54, 1.807) is 0 Å². The van der Waals surface area contributed by atoms with Crippen LogP contribution in [0.1, 0.15) is 49.3 Å². The molecule has 0 aliphatic heterocycles. The fraction of sp³-hybridized carbons (Fsp3) is 0.344. The van der Waals surface area contributed by atoms with E-state index in [4.69, 9.17) is 14.2 Å². The second-order valence-electron chi connectivity index (χ2n) is 9.75. The average Bonchev–Trinajstić information content (AvgIpc) is 3.29. The molecule has 1 N–H and O–H groups in total. The predicted octanol–water partition coefficient (Wildman–Crippen LogP) is 5.66. The van der Waals surface area contributed by atoms with Gasteiger partial charge in [-0.2, -0.15) is 0 Å². The van der Waals surface area contributed by atoms with E-state index in [1.807, 2.05) is 68.4 Å². The Morgan fingerprint density at radius 3 is 2.10 bits per heavy atom. The van der Waals surface area contributed by atoms with Crippen LogP contribution >= 0.6 is 0 Å². The molecule has 1 aliphatic rings. The number of amides is 1. The lowest BCUT2D eigenvalue weighted by molar-refractivity contribution is -0.150. The van der Waals surface area contributed by atoms with Gasteiger partial charge >= 0.3 is 12.1 Å². The first kappa shape index (κ1) is 28.0. The van der Waals surface area contributed by atoms with Crippen molar-refractivity contribution in [2.45, 2.75) is 45.3 Å². The van der Waals surface area contributed by atoms with Gasteiger partial charge in [0.2, 0.25) is 0 Å². The number of rotatable bonds is 13. The largest absolute Gasteiger partial charge is 0.459 e. The number of carbonyl (C=O) groups is 3. The maximum Gasteiger partial charge on any atom is 0.407 e. The molecule has 0 radical (unpaired) electrons. The third-order valence-electron chi connectivity index (χ3n) is 7.13. The summed E-state index contributed by atoms with van der Waals surface area (Å²) in [5.41, 5.74) is 5.44. The van der Waals surface area contributed by atoms with E-state index in [1.165, 1.54) is 0 Å². The Kier molecular flexibility index (Phi) is 9.86. The monoisotopic (exact) mass is 529 g/mol. The van der Waals surface area contributed by atoms with Gasteiger partial charge in [-0.05, 0) is 33.7 Å². The molecule has 0 fully saturated rings. The normalized spacial score (nSPS) is 13.6. The van der Waals surface area contributed by atoms with Crippen molar-refractivity contribution in [1.29, 1.82) is 0 Å². The number of ketones is 1. The van der Waals surface area contributed by atoms with Gasteiger partial charge < -0.3 is 19.5 Å². The number of Topliss-reactive ketones (excluding diaryl/α,β-unsaturated/α-hetero) is 1. The zero-order valence-corrected chi connectivity index (χ0v) is 22.4. The van der Waals surface area contributed by atoms with Crippen molar-refractivity contribution in [3.63, 3.8) is 0 Å². The third-order valence-corrected chi connectivity index (χ3v) is 7.13. The van der Waals surface area contributed by atoms with Crippen molar-refractivity contribution in [1.82, 2.24) is 5.32 Å². The van der Waals surface area contributed by atoms with E-state index < -0.39 is 18.1 Å². The summed E-state index contributed by atoms with van der Waals surface area (Å²) in [6.07, 6.45) is 0.137. The number of hydrogen-bond donors (Lipinski definition) is 1. The minimum atomic E-state index is -0.709. The lowest BCUT2D eigenvalue weighted by Gasteiger charge is -2.23. The number of esters is 1. The second kappa shape index (κ2) is 13.7. The number of fused-ring (bicyclic) bond motifs is 3. The quantitative estimate of drug-likeness (QED) is 0.227. The number of carbonyl (C=O) groups excluding carboxylic acids is 3. The average molecular weight is 530 g/mol. The van der Waals surface area contributed by atoms with Crippen molar-refractivity contribution in [2.75, 3.05) is 19.8 Å². The summed E-state index contributed by atoms with van der Waals surface area (Å²) in [5.74, 6) is -0.818. The Balaban J connectivity index is 1.24. The molecular formula is C32H35NO6. The molecule has 2 atom stereocenters. The Morgan fingerprint density at radius 2 is 1.46 bits per heavy atom. The zero-order valence-electron chi connectivity index (χ0n) is 22.4. The van der Waals surface area contributed by atoms with Gasteiger partial charge in [-0.3, -0.25) is 4.79 Å².